The zero-order chi connectivity index (χ0) is 19.4. The van der Waals surface area contributed by atoms with Gasteiger partial charge in [0, 0.05) is 13.0 Å². The number of halogens is 1. The van der Waals surface area contributed by atoms with Gasteiger partial charge in [0.05, 0.1) is 19.1 Å². The molecule has 1 fully saturated rings. The standard InChI is InChI=1S/C21H22FNO4/c1-14(16-6-4-3-5-7-16)23-12-17(11-20(23)24)21(25)27-13-15-8-9-19(26-2)18(22)10-15/h3-10,14,17H,11-13H2,1-2H3/t14-,17+/m1/s1. The Bertz CT molecular complexity index is 824. The summed E-state index contributed by atoms with van der Waals surface area (Å²) >= 11 is 0. The van der Waals surface area contributed by atoms with E-state index >= 15 is 0 Å². The van der Waals surface area contributed by atoms with Crippen molar-refractivity contribution in [3.05, 3.63) is 65.5 Å². The number of hydrogen-bond acceptors (Lipinski definition) is 4. The van der Waals surface area contributed by atoms with Crippen LogP contribution in [0, 0.1) is 11.7 Å². The fourth-order valence-corrected chi connectivity index (χ4v) is 3.25. The number of benzene rings is 2. The van der Waals surface area contributed by atoms with Crippen LogP contribution >= 0.6 is 0 Å². The maximum absolute atomic E-state index is 13.7. The number of methoxy groups -OCH3 is 1. The minimum Gasteiger partial charge on any atom is -0.494 e. The minimum atomic E-state index is -0.509. The molecule has 0 radical (unpaired) electrons. The minimum absolute atomic E-state index is 0.0430. The van der Waals surface area contributed by atoms with Crippen molar-refractivity contribution in [1.29, 1.82) is 0 Å². The Hall–Kier alpha value is -2.89. The highest BCUT2D eigenvalue weighted by molar-refractivity contribution is 5.87. The van der Waals surface area contributed by atoms with Gasteiger partial charge in [0.2, 0.25) is 5.91 Å². The molecule has 1 amide bonds. The van der Waals surface area contributed by atoms with Gasteiger partial charge in [-0.05, 0) is 30.2 Å². The molecule has 2 aromatic rings. The summed E-state index contributed by atoms with van der Waals surface area (Å²) in [4.78, 5) is 26.4. The molecule has 1 aliphatic heterocycles. The van der Waals surface area contributed by atoms with Crippen molar-refractivity contribution in [1.82, 2.24) is 4.90 Å². The van der Waals surface area contributed by atoms with E-state index < -0.39 is 17.7 Å². The summed E-state index contributed by atoms with van der Waals surface area (Å²) in [5, 5.41) is 0. The van der Waals surface area contributed by atoms with Crippen LogP contribution in [-0.2, 0) is 20.9 Å². The van der Waals surface area contributed by atoms with Gasteiger partial charge in [-0.15, -0.1) is 0 Å². The lowest BCUT2D eigenvalue weighted by molar-refractivity contribution is -0.149. The molecule has 0 N–H and O–H groups in total. The molecule has 6 heteroatoms. The van der Waals surface area contributed by atoms with Crippen molar-refractivity contribution >= 4 is 11.9 Å². The van der Waals surface area contributed by atoms with E-state index in [1.165, 1.54) is 19.2 Å². The molecule has 1 aliphatic rings. The second-order valence-corrected chi connectivity index (χ2v) is 6.61. The average molecular weight is 371 g/mol. The normalized spacial score (nSPS) is 17.7. The highest BCUT2D eigenvalue weighted by atomic mass is 19.1. The van der Waals surface area contributed by atoms with Crippen LogP contribution in [0.5, 0.6) is 5.75 Å². The Kier molecular flexibility index (Phi) is 5.74. The van der Waals surface area contributed by atoms with E-state index in [0.29, 0.717) is 12.1 Å². The monoisotopic (exact) mass is 371 g/mol. The number of hydrogen-bond donors (Lipinski definition) is 0. The van der Waals surface area contributed by atoms with Crippen molar-refractivity contribution in [2.24, 2.45) is 5.92 Å². The summed E-state index contributed by atoms with van der Waals surface area (Å²) in [5.74, 6) is -1.39. The van der Waals surface area contributed by atoms with Crippen LogP contribution in [0.2, 0.25) is 0 Å². The third-order valence-corrected chi connectivity index (χ3v) is 4.84. The number of carbonyl (C=O) groups is 2. The molecule has 0 saturated carbocycles. The molecule has 3 rings (SSSR count). The summed E-state index contributed by atoms with van der Waals surface area (Å²) in [7, 11) is 1.39. The summed E-state index contributed by atoms with van der Waals surface area (Å²) in [5.41, 5.74) is 1.55. The highest BCUT2D eigenvalue weighted by Crippen LogP contribution is 2.29. The first-order chi connectivity index (χ1) is 13.0. The van der Waals surface area contributed by atoms with Crippen LogP contribution in [0.25, 0.3) is 0 Å². The highest BCUT2D eigenvalue weighted by Gasteiger charge is 2.37. The molecular formula is C21H22FNO4. The topological polar surface area (TPSA) is 55.8 Å². The number of carbonyl (C=O) groups excluding carboxylic acids is 2. The molecular weight excluding hydrogens is 349 g/mol. The lowest BCUT2D eigenvalue weighted by atomic mass is 10.1. The van der Waals surface area contributed by atoms with Crippen LogP contribution < -0.4 is 4.74 Å². The van der Waals surface area contributed by atoms with Gasteiger partial charge in [-0.2, -0.15) is 0 Å². The Labute approximate surface area is 157 Å². The molecule has 0 spiro atoms. The molecule has 0 aliphatic carbocycles. The summed E-state index contributed by atoms with van der Waals surface area (Å²) in [6, 6.07) is 14.0. The summed E-state index contributed by atoms with van der Waals surface area (Å²) in [6.45, 7) is 2.23. The van der Waals surface area contributed by atoms with E-state index in [0.717, 1.165) is 5.56 Å². The Morgan fingerprint density at radius 3 is 2.67 bits per heavy atom. The third-order valence-electron chi connectivity index (χ3n) is 4.84. The lowest BCUT2D eigenvalue weighted by Crippen LogP contribution is -2.29. The van der Waals surface area contributed by atoms with Crippen LogP contribution in [-0.4, -0.2) is 30.4 Å². The molecule has 1 heterocycles. The quantitative estimate of drug-likeness (QED) is 0.730. The maximum Gasteiger partial charge on any atom is 0.311 e. The van der Waals surface area contributed by atoms with Crippen LogP contribution in [0.15, 0.2) is 48.5 Å². The number of ether oxygens (including phenoxy) is 2. The smallest absolute Gasteiger partial charge is 0.311 e. The van der Waals surface area contributed by atoms with Crippen molar-refractivity contribution in [3.8, 4) is 5.75 Å². The first-order valence-corrected chi connectivity index (χ1v) is 8.83. The van der Waals surface area contributed by atoms with Crippen molar-refractivity contribution in [2.75, 3.05) is 13.7 Å². The SMILES string of the molecule is COc1ccc(COC(=O)[C@H]2CC(=O)N([C@H](C)c3ccccc3)C2)cc1F. The molecule has 2 atom stereocenters. The number of rotatable bonds is 6. The Morgan fingerprint density at radius 2 is 2.00 bits per heavy atom. The lowest BCUT2D eigenvalue weighted by Gasteiger charge is -2.25. The predicted octanol–water partition coefficient (Wildman–Crippen LogP) is 3.49. The number of likely N-dealkylation sites (tertiary alicyclic amines) is 1. The number of nitrogens with zero attached hydrogens (tertiary/aromatic N) is 1. The summed E-state index contributed by atoms with van der Waals surface area (Å²) < 4.78 is 23.9. The largest absolute Gasteiger partial charge is 0.494 e. The molecule has 5 nitrogen and oxygen atoms in total. The van der Waals surface area contributed by atoms with E-state index in [1.54, 1.807) is 11.0 Å². The zero-order valence-electron chi connectivity index (χ0n) is 15.4. The van der Waals surface area contributed by atoms with Gasteiger partial charge >= 0.3 is 5.97 Å². The molecule has 27 heavy (non-hydrogen) atoms. The number of esters is 1. The Morgan fingerprint density at radius 1 is 1.26 bits per heavy atom. The second-order valence-electron chi connectivity index (χ2n) is 6.61. The van der Waals surface area contributed by atoms with E-state index in [2.05, 4.69) is 0 Å². The van der Waals surface area contributed by atoms with Crippen molar-refractivity contribution in [3.63, 3.8) is 0 Å². The zero-order valence-corrected chi connectivity index (χ0v) is 15.4. The van der Waals surface area contributed by atoms with E-state index in [-0.39, 0.29) is 30.7 Å². The van der Waals surface area contributed by atoms with Gasteiger partial charge in [0.15, 0.2) is 11.6 Å². The molecule has 0 aromatic heterocycles. The van der Waals surface area contributed by atoms with Gasteiger partial charge in [0.25, 0.3) is 0 Å². The second kappa shape index (κ2) is 8.20. The van der Waals surface area contributed by atoms with Gasteiger partial charge < -0.3 is 14.4 Å². The molecule has 0 unspecified atom stereocenters. The Balaban J connectivity index is 1.58. The molecule has 0 bridgehead atoms. The van der Waals surface area contributed by atoms with Crippen LogP contribution in [0.4, 0.5) is 4.39 Å². The number of amides is 1. The van der Waals surface area contributed by atoms with E-state index in [9.17, 15) is 14.0 Å². The third kappa shape index (κ3) is 4.27. The van der Waals surface area contributed by atoms with E-state index in [1.807, 2.05) is 37.3 Å². The van der Waals surface area contributed by atoms with Gasteiger partial charge in [0.1, 0.15) is 6.61 Å². The van der Waals surface area contributed by atoms with Crippen LogP contribution in [0.1, 0.15) is 30.5 Å². The van der Waals surface area contributed by atoms with E-state index in [4.69, 9.17) is 9.47 Å². The van der Waals surface area contributed by atoms with Crippen molar-refractivity contribution < 1.29 is 23.5 Å². The van der Waals surface area contributed by atoms with Crippen LogP contribution in [0.3, 0.4) is 0 Å². The van der Waals surface area contributed by atoms with Gasteiger partial charge in [-0.3, -0.25) is 9.59 Å². The average Bonchev–Trinajstić information content (AvgIpc) is 3.08. The first-order valence-electron chi connectivity index (χ1n) is 8.83. The van der Waals surface area contributed by atoms with Gasteiger partial charge in [-0.25, -0.2) is 4.39 Å². The molecule has 2 aromatic carbocycles. The fraction of sp³-hybridized carbons (Fsp3) is 0.333. The molecule has 142 valence electrons. The van der Waals surface area contributed by atoms with Crippen molar-refractivity contribution in [2.45, 2.75) is 26.0 Å². The summed E-state index contributed by atoms with van der Waals surface area (Å²) in [6.07, 6.45) is 0.132. The van der Waals surface area contributed by atoms with Gasteiger partial charge in [-0.1, -0.05) is 36.4 Å². The fourth-order valence-electron chi connectivity index (χ4n) is 3.25. The molecule has 1 saturated heterocycles. The first kappa shape index (κ1) is 18.9. The predicted molar refractivity (Wildman–Crippen MR) is 97.4 cm³/mol. The maximum atomic E-state index is 13.7.